The lowest BCUT2D eigenvalue weighted by Crippen LogP contribution is -1.91. The third-order valence-electron chi connectivity index (χ3n) is 2.10. The highest BCUT2D eigenvalue weighted by molar-refractivity contribution is 7.78. The monoisotopic (exact) mass is 246 g/mol. The molecular weight excluding hydrogens is 236 g/mol. The fraction of sp³-hybridized carbons (Fsp3) is 0.167. The van der Waals surface area contributed by atoms with Crippen LogP contribution in [0.4, 0.5) is 5.69 Å². The fourth-order valence-corrected chi connectivity index (χ4v) is 1.53. The Kier molecular flexibility index (Phi) is 3.65. The van der Waals surface area contributed by atoms with E-state index in [0.717, 1.165) is 5.56 Å². The second-order valence-corrected chi connectivity index (χ2v) is 3.34. The van der Waals surface area contributed by atoms with Crippen LogP contribution in [-0.4, -0.2) is 16.8 Å². The first kappa shape index (κ1) is 11.5. The molecule has 1 aromatic heterocycles. The van der Waals surface area contributed by atoms with Crippen LogP contribution in [0.1, 0.15) is 6.92 Å². The molecule has 0 unspecified atom stereocenters. The number of hydrogen-bond acceptors (Lipinski definition) is 5. The average Bonchev–Trinajstić information content (AvgIpc) is 2.85. The topological polar surface area (TPSA) is 47.6 Å². The van der Waals surface area contributed by atoms with Crippen molar-refractivity contribution in [2.45, 2.75) is 6.92 Å². The molecule has 0 atom stereocenters. The fourth-order valence-electron chi connectivity index (χ4n) is 1.43. The van der Waals surface area contributed by atoms with Crippen LogP contribution in [0.25, 0.3) is 11.5 Å². The van der Waals surface area contributed by atoms with Gasteiger partial charge in [-0.05, 0) is 37.3 Å². The minimum atomic E-state index is 0.536. The predicted molar refractivity (Wildman–Crippen MR) is 67.8 cm³/mol. The second-order valence-electron chi connectivity index (χ2n) is 3.16. The Morgan fingerprint density at radius 1 is 1.53 bits per heavy atom. The first-order chi connectivity index (χ1) is 8.35. The third kappa shape index (κ3) is 2.58. The van der Waals surface area contributed by atoms with E-state index in [0.29, 0.717) is 23.9 Å². The summed E-state index contributed by atoms with van der Waals surface area (Å²) in [5.74, 6) is 1.20. The molecule has 2 rings (SSSR count). The minimum Gasteiger partial charge on any atom is -0.492 e. The van der Waals surface area contributed by atoms with Crippen LogP contribution in [0.5, 0.6) is 5.75 Å². The Morgan fingerprint density at radius 2 is 2.41 bits per heavy atom. The van der Waals surface area contributed by atoms with E-state index in [1.807, 2.05) is 19.1 Å². The van der Waals surface area contributed by atoms with Crippen LogP contribution < -0.4 is 4.74 Å². The van der Waals surface area contributed by atoms with Gasteiger partial charge in [-0.25, -0.2) is 4.98 Å². The van der Waals surface area contributed by atoms with Gasteiger partial charge in [0.05, 0.1) is 18.0 Å². The van der Waals surface area contributed by atoms with Crippen molar-refractivity contribution in [3.8, 4) is 17.2 Å². The van der Waals surface area contributed by atoms with Crippen LogP contribution in [0.15, 0.2) is 40.1 Å². The van der Waals surface area contributed by atoms with Gasteiger partial charge in [0.15, 0.2) is 0 Å². The summed E-state index contributed by atoms with van der Waals surface area (Å²) < 4.78 is 10.6. The highest BCUT2D eigenvalue weighted by atomic mass is 32.1. The van der Waals surface area contributed by atoms with Crippen molar-refractivity contribution in [2.75, 3.05) is 6.61 Å². The molecule has 0 spiro atoms. The maximum absolute atomic E-state index is 5.43. The van der Waals surface area contributed by atoms with Gasteiger partial charge in [-0.2, -0.15) is 4.99 Å². The highest BCUT2D eigenvalue weighted by Crippen LogP contribution is 2.32. The molecule has 5 heteroatoms. The molecule has 0 bridgehead atoms. The molecular formula is C12H10N2O2S. The van der Waals surface area contributed by atoms with E-state index < -0.39 is 0 Å². The normalized spacial score (nSPS) is 9.71. The van der Waals surface area contributed by atoms with E-state index in [9.17, 15) is 0 Å². The van der Waals surface area contributed by atoms with Crippen molar-refractivity contribution in [3.05, 3.63) is 30.7 Å². The van der Waals surface area contributed by atoms with E-state index in [4.69, 9.17) is 9.15 Å². The quantitative estimate of drug-likeness (QED) is 0.612. The molecule has 1 heterocycles. The van der Waals surface area contributed by atoms with Crippen molar-refractivity contribution < 1.29 is 9.15 Å². The first-order valence-electron chi connectivity index (χ1n) is 5.09. The molecule has 4 nitrogen and oxygen atoms in total. The number of thiocarbonyl (C=S) groups is 1. The van der Waals surface area contributed by atoms with E-state index >= 15 is 0 Å². The van der Waals surface area contributed by atoms with Crippen LogP contribution in [-0.2, 0) is 0 Å². The molecule has 0 N–H and O–H groups in total. The molecule has 0 aliphatic rings. The lowest BCUT2D eigenvalue weighted by Gasteiger charge is -2.06. The lowest BCUT2D eigenvalue weighted by molar-refractivity contribution is 0.341. The molecule has 0 aliphatic carbocycles. The van der Waals surface area contributed by atoms with Gasteiger partial charge in [0.1, 0.15) is 17.7 Å². The number of ether oxygens (including phenoxy) is 1. The zero-order valence-electron chi connectivity index (χ0n) is 9.21. The number of aliphatic imine (C=N–C) groups is 1. The summed E-state index contributed by atoms with van der Waals surface area (Å²) in [4.78, 5) is 8.03. The van der Waals surface area contributed by atoms with Crippen molar-refractivity contribution in [2.24, 2.45) is 4.99 Å². The molecule has 1 aromatic carbocycles. The van der Waals surface area contributed by atoms with Gasteiger partial charge >= 0.3 is 0 Å². The molecule has 0 amide bonds. The molecule has 0 saturated heterocycles. The summed E-state index contributed by atoms with van der Waals surface area (Å²) in [6, 6.07) is 5.48. The summed E-state index contributed by atoms with van der Waals surface area (Å²) in [7, 11) is 0. The van der Waals surface area contributed by atoms with Gasteiger partial charge < -0.3 is 9.15 Å². The number of rotatable bonds is 4. The smallest absolute Gasteiger partial charge is 0.225 e. The number of hydrogen-bond donors (Lipinski definition) is 0. The molecule has 0 saturated carbocycles. The summed E-state index contributed by atoms with van der Waals surface area (Å²) in [5.41, 5.74) is 1.44. The van der Waals surface area contributed by atoms with Crippen LogP contribution in [0, 0.1) is 0 Å². The van der Waals surface area contributed by atoms with Gasteiger partial charge in [0.25, 0.3) is 0 Å². The highest BCUT2D eigenvalue weighted by Gasteiger charge is 2.08. The van der Waals surface area contributed by atoms with Crippen LogP contribution >= 0.6 is 12.2 Å². The maximum atomic E-state index is 5.43. The zero-order chi connectivity index (χ0) is 12.1. The number of oxazole rings is 1. The summed E-state index contributed by atoms with van der Waals surface area (Å²) in [6.07, 6.45) is 3.11. The molecule has 0 fully saturated rings. The van der Waals surface area contributed by atoms with E-state index in [-0.39, 0.29) is 0 Å². The van der Waals surface area contributed by atoms with Gasteiger partial charge in [-0.1, -0.05) is 0 Å². The Morgan fingerprint density at radius 3 is 3.06 bits per heavy atom. The Hall–Kier alpha value is -1.97. The Labute approximate surface area is 104 Å². The summed E-state index contributed by atoms with van der Waals surface area (Å²) in [5, 5.41) is 2.33. The van der Waals surface area contributed by atoms with Crippen LogP contribution in [0.3, 0.4) is 0 Å². The second kappa shape index (κ2) is 5.39. The standard InChI is InChI=1S/C12H10N2O2S/c1-2-15-11-4-3-9(7-10(11)14-8-17)12-13-5-6-16-12/h3-7H,2H2,1H3. The molecule has 0 aliphatic heterocycles. The van der Waals surface area contributed by atoms with Gasteiger partial charge in [-0.3, -0.25) is 0 Å². The van der Waals surface area contributed by atoms with E-state index in [1.165, 1.54) is 6.26 Å². The number of aromatic nitrogens is 1. The molecule has 0 radical (unpaired) electrons. The van der Waals surface area contributed by atoms with Crippen molar-refractivity contribution in [3.63, 3.8) is 0 Å². The number of isothiocyanates is 1. The lowest BCUT2D eigenvalue weighted by atomic mass is 10.2. The molecule has 17 heavy (non-hydrogen) atoms. The first-order valence-corrected chi connectivity index (χ1v) is 5.50. The molecule has 86 valence electrons. The average molecular weight is 246 g/mol. The third-order valence-corrected chi connectivity index (χ3v) is 2.20. The van der Waals surface area contributed by atoms with Crippen LogP contribution in [0.2, 0.25) is 0 Å². The summed E-state index contributed by atoms with van der Waals surface area (Å²) >= 11 is 4.61. The Bertz CT molecular complexity index is 546. The maximum Gasteiger partial charge on any atom is 0.225 e. The minimum absolute atomic E-state index is 0.536. The van der Waals surface area contributed by atoms with Gasteiger partial charge in [0.2, 0.25) is 5.89 Å². The van der Waals surface area contributed by atoms with Crippen molar-refractivity contribution in [1.82, 2.24) is 4.98 Å². The van der Waals surface area contributed by atoms with Gasteiger partial charge in [0, 0.05) is 5.56 Å². The largest absolute Gasteiger partial charge is 0.492 e. The van der Waals surface area contributed by atoms with E-state index in [1.54, 1.807) is 12.3 Å². The number of nitrogens with zero attached hydrogens (tertiary/aromatic N) is 2. The SMILES string of the molecule is CCOc1ccc(-c2ncco2)cc1N=C=S. The van der Waals surface area contributed by atoms with Gasteiger partial charge in [-0.15, -0.1) is 0 Å². The summed E-state index contributed by atoms with van der Waals surface area (Å²) in [6.45, 7) is 2.48. The predicted octanol–water partition coefficient (Wildman–Crippen LogP) is 3.47. The van der Waals surface area contributed by atoms with Crippen molar-refractivity contribution >= 4 is 23.1 Å². The Balaban J connectivity index is 2.45. The molecule has 2 aromatic rings. The van der Waals surface area contributed by atoms with E-state index in [2.05, 4.69) is 27.4 Å². The van der Waals surface area contributed by atoms with Crippen molar-refractivity contribution in [1.29, 1.82) is 0 Å². The zero-order valence-corrected chi connectivity index (χ0v) is 10.0. The number of benzene rings is 1.